The van der Waals surface area contributed by atoms with Gasteiger partial charge in [0.15, 0.2) is 4.21 Å². The molecule has 0 aliphatic heterocycles. The normalized spacial score (nSPS) is 10.5. The molecule has 0 fully saturated rings. The van der Waals surface area contributed by atoms with Gasteiger partial charge in [-0.05, 0) is 48.7 Å². The number of methoxy groups -OCH3 is 1. The van der Waals surface area contributed by atoms with Crippen LogP contribution in [0.2, 0.25) is 0 Å². The number of rotatable bonds is 4. The van der Waals surface area contributed by atoms with Gasteiger partial charge in [-0.1, -0.05) is 24.3 Å². The van der Waals surface area contributed by atoms with Gasteiger partial charge in [-0.2, -0.15) is 13.7 Å². The van der Waals surface area contributed by atoms with Gasteiger partial charge in [0.25, 0.3) is 0 Å². The first-order valence-electron chi connectivity index (χ1n) is 8.60. The summed E-state index contributed by atoms with van der Waals surface area (Å²) in [5, 5.41) is 11.9. The van der Waals surface area contributed by atoms with Gasteiger partial charge in [0, 0.05) is 23.7 Å². The van der Waals surface area contributed by atoms with E-state index >= 15 is 0 Å². The van der Waals surface area contributed by atoms with Crippen LogP contribution in [0.1, 0.15) is 16.0 Å². The zero-order chi connectivity index (χ0) is 21.6. The zero-order valence-electron chi connectivity index (χ0n) is 16.6. The van der Waals surface area contributed by atoms with E-state index in [1.165, 1.54) is 18.7 Å². The molecular weight excluding hydrogens is 408 g/mol. The van der Waals surface area contributed by atoms with E-state index in [0.29, 0.717) is 11.3 Å². The largest absolute Gasteiger partial charge is 0.496 e. The van der Waals surface area contributed by atoms with E-state index < -0.39 is 10.1 Å². The molecule has 0 bridgehead atoms. The van der Waals surface area contributed by atoms with Crippen LogP contribution in [0.25, 0.3) is 11.1 Å². The van der Waals surface area contributed by atoms with Gasteiger partial charge >= 0.3 is 10.1 Å². The van der Waals surface area contributed by atoms with Gasteiger partial charge in [0.1, 0.15) is 5.75 Å². The number of nitrogens with one attached hydrogen (secondary N) is 1. The highest BCUT2D eigenvalue weighted by atomic mass is 32.3. The average molecular weight is 431 g/mol. The minimum Gasteiger partial charge on any atom is -0.496 e. The summed E-state index contributed by atoms with van der Waals surface area (Å²) in [4.78, 5) is 0.727. The molecule has 3 rings (SSSR count). The lowest BCUT2D eigenvalue weighted by atomic mass is 10.0. The van der Waals surface area contributed by atoms with Crippen LogP contribution in [0, 0.1) is 25.2 Å². The minimum absolute atomic E-state index is 0.0862. The smallest absolute Gasteiger partial charge is 0.304 e. The SMILES string of the molecule is CNc1cc(-c2ccc(C#N)cc2)ccc1C.COc1cc(S(=O)(=O)O)sc1C. The Balaban J connectivity index is 0.000000221. The van der Waals surface area contributed by atoms with E-state index in [-0.39, 0.29) is 4.21 Å². The van der Waals surface area contributed by atoms with Crippen molar-refractivity contribution in [2.45, 2.75) is 18.1 Å². The van der Waals surface area contributed by atoms with Gasteiger partial charge in [0.05, 0.1) is 18.7 Å². The number of aryl methyl sites for hydroxylation is 2. The van der Waals surface area contributed by atoms with E-state index in [1.54, 1.807) is 6.92 Å². The van der Waals surface area contributed by atoms with Gasteiger partial charge in [-0.15, -0.1) is 11.3 Å². The Morgan fingerprint density at radius 1 is 1.07 bits per heavy atom. The van der Waals surface area contributed by atoms with Crippen LogP contribution in [0.15, 0.2) is 52.7 Å². The van der Waals surface area contributed by atoms with Gasteiger partial charge in [-0.3, -0.25) is 4.55 Å². The summed E-state index contributed by atoms with van der Waals surface area (Å²) in [5.74, 6) is 0.479. The van der Waals surface area contributed by atoms with E-state index in [0.717, 1.165) is 33.0 Å². The standard InChI is InChI=1S/C15H14N2.C6H8O4S2/c1-11-3-6-14(9-15(11)17-2)13-7-4-12(10-16)5-8-13;1-4-5(10-2)3-6(11-4)12(7,8)9/h3-9,17H,1-2H3;3H,1-2H3,(H,7,8,9). The van der Waals surface area contributed by atoms with Gasteiger partial charge in [-0.25, -0.2) is 0 Å². The maximum absolute atomic E-state index is 10.6. The fraction of sp³-hybridized carbons (Fsp3) is 0.190. The molecule has 0 radical (unpaired) electrons. The van der Waals surface area contributed by atoms with Crippen molar-refractivity contribution < 1.29 is 17.7 Å². The first-order chi connectivity index (χ1) is 13.7. The quantitative estimate of drug-likeness (QED) is 0.572. The molecule has 2 N–H and O–H groups in total. The lowest BCUT2D eigenvalue weighted by molar-refractivity contribution is 0.413. The van der Waals surface area contributed by atoms with E-state index in [1.807, 2.05) is 31.3 Å². The van der Waals surface area contributed by atoms with Crippen LogP contribution in [0.5, 0.6) is 5.75 Å². The molecule has 0 amide bonds. The van der Waals surface area contributed by atoms with Crippen molar-refractivity contribution in [3.05, 3.63) is 64.5 Å². The third-order valence-electron chi connectivity index (χ3n) is 4.18. The van der Waals surface area contributed by atoms with Crippen LogP contribution in [0.3, 0.4) is 0 Å². The molecule has 0 aliphatic rings. The van der Waals surface area contributed by atoms with Gasteiger partial charge in [0.2, 0.25) is 0 Å². The second-order valence-corrected chi connectivity index (χ2v) is 9.04. The Morgan fingerprint density at radius 2 is 1.69 bits per heavy atom. The van der Waals surface area contributed by atoms with Gasteiger partial charge < -0.3 is 10.1 Å². The molecular formula is C21H22N2O4S2. The summed E-state index contributed by atoms with van der Waals surface area (Å²) in [6, 6.07) is 17.4. The highest BCUT2D eigenvalue weighted by Gasteiger charge is 2.15. The molecule has 0 saturated carbocycles. The predicted octanol–water partition coefficient (Wildman–Crippen LogP) is 4.89. The number of benzene rings is 2. The summed E-state index contributed by atoms with van der Waals surface area (Å²) in [6.07, 6.45) is 0. The molecule has 3 aromatic rings. The predicted molar refractivity (Wildman–Crippen MR) is 116 cm³/mol. The Kier molecular flexibility index (Phi) is 7.40. The number of ether oxygens (including phenoxy) is 1. The number of anilines is 1. The van der Waals surface area contributed by atoms with Crippen LogP contribution < -0.4 is 10.1 Å². The van der Waals surface area contributed by atoms with Crippen molar-refractivity contribution in [1.29, 1.82) is 5.26 Å². The fourth-order valence-corrected chi connectivity index (χ4v) is 4.34. The van der Waals surface area contributed by atoms with Crippen molar-refractivity contribution in [2.24, 2.45) is 0 Å². The molecule has 0 spiro atoms. The molecule has 2 aromatic carbocycles. The van der Waals surface area contributed by atoms with Crippen molar-refractivity contribution in [1.82, 2.24) is 0 Å². The third-order valence-corrected chi connectivity index (χ3v) is 6.51. The summed E-state index contributed by atoms with van der Waals surface area (Å²) >= 11 is 0.983. The maximum atomic E-state index is 10.6. The summed E-state index contributed by atoms with van der Waals surface area (Å²) in [6.45, 7) is 3.80. The van der Waals surface area contributed by atoms with Crippen molar-refractivity contribution in [3.63, 3.8) is 0 Å². The monoisotopic (exact) mass is 430 g/mol. The molecule has 0 aliphatic carbocycles. The topological polar surface area (TPSA) is 99.4 Å². The van der Waals surface area contributed by atoms with Crippen molar-refractivity contribution in [3.8, 4) is 22.9 Å². The first kappa shape index (κ1) is 22.4. The summed E-state index contributed by atoms with van der Waals surface area (Å²) in [5.41, 5.74) is 5.33. The Morgan fingerprint density at radius 3 is 2.14 bits per heavy atom. The number of hydrogen-bond donors (Lipinski definition) is 2. The van der Waals surface area contributed by atoms with Crippen LogP contribution in [0.4, 0.5) is 5.69 Å². The van der Waals surface area contributed by atoms with E-state index in [9.17, 15) is 8.42 Å². The molecule has 29 heavy (non-hydrogen) atoms. The first-order valence-corrected chi connectivity index (χ1v) is 10.9. The summed E-state index contributed by atoms with van der Waals surface area (Å²) in [7, 11) is -0.707. The number of nitriles is 1. The second-order valence-electron chi connectivity index (χ2n) is 6.13. The zero-order valence-corrected chi connectivity index (χ0v) is 18.2. The van der Waals surface area contributed by atoms with Crippen LogP contribution in [-0.4, -0.2) is 27.1 Å². The van der Waals surface area contributed by atoms with Crippen molar-refractivity contribution >= 4 is 27.1 Å². The molecule has 1 heterocycles. The molecule has 152 valence electrons. The lowest BCUT2D eigenvalue weighted by Crippen LogP contribution is -1.93. The molecule has 0 unspecified atom stereocenters. The number of hydrogen-bond acceptors (Lipinski definition) is 6. The molecule has 0 saturated heterocycles. The molecule has 8 heteroatoms. The fourth-order valence-electron chi connectivity index (χ4n) is 2.58. The Labute approximate surface area is 175 Å². The van der Waals surface area contributed by atoms with Crippen LogP contribution in [-0.2, 0) is 10.1 Å². The number of nitrogens with zero attached hydrogens (tertiary/aromatic N) is 1. The second kappa shape index (κ2) is 9.56. The highest BCUT2D eigenvalue weighted by molar-refractivity contribution is 7.88. The summed E-state index contributed by atoms with van der Waals surface area (Å²) < 4.78 is 34.7. The molecule has 6 nitrogen and oxygen atoms in total. The molecule has 0 atom stereocenters. The average Bonchev–Trinajstić information content (AvgIpc) is 3.10. The molecule has 1 aromatic heterocycles. The van der Waals surface area contributed by atoms with Crippen LogP contribution >= 0.6 is 11.3 Å². The lowest BCUT2D eigenvalue weighted by Gasteiger charge is -2.08. The van der Waals surface area contributed by atoms with E-state index in [4.69, 9.17) is 14.6 Å². The highest BCUT2D eigenvalue weighted by Crippen LogP contribution is 2.31. The third kappa shape index (κ3) is 5.81. The maximum Gasteiger partial charge on any atom is 0.304 e. The minimum atomic E-state index is -4.08. The number of thiophene rings is 1. The van der Waals surface area contributed by atoms with E-state index in [2.05, 4.69) is 36.5 Å². The Bertz CT molecular complexity index is 1130. The Hall–Kier alpha value is -2.86. The van der Waals surface area contributed by atoms with Crippen molar-refractivity contribution in [2.75, 3.05) is 19.5 Å².